The summed E-state index contributed by atoms with van der Waals surface area (Å²) in [5.74, 6) is 1.52. The molecule has 0 bridgehead atoms. The Balaban J connectivity index is 2.16. The lowest BCUT2D eigenvalue weighted by molar-refractivity contribution is 1.05. The van der Waals surface area contributed by atoms with Gasteiger partial charge >= 0.3 is 0 Å². The van der Waals surface area contributed by atoms with Crippen LogP contribution in [0.25, 0.3) is 0 Å². The molecule has 1 heterocycles. The van der Waals surface area contributed by atoms with Gasteiger partial charge in [0.1, 0.15) is 5.82 Å². The van der Waals surface area contributed by atoms with E-state index < -0.39 is 0 Å². The number of anilines is 2. The van der Waals surface area contributed by atoms with E-state index in [0.717, 1.165) is 10.3 Å². The summed E-state index contributed by atoms with van der Waals surface area (Å²) >= 11 is 3.36. The van der Waals surface area contributed by atoms with Gasteiger partial charge in [-0.25, -0.2) is 4.98 Å². The van der Waals surface area contributed by atoms with E-state index in [1.807, 2.05) is 7.05 Å². The Kier molecular flexibility index (Phi) is 2.35. The van der Waals surface area contributed by atoms with Crippen LogP contribution < -0.4 is 10.6 Å². The van der Waals surface area contributed by atoms with E-state index >= 15 is 0 Å². The standard InChI is InChI=1S/C8H11BrN4/c1-10-7-6(9)4-11-8(13-7)12-5-2-3-5/h4-5H,2-3H2,1H3,(H2,10,11,12,13). The number of nitrogens with zero attached hydrogens (tertiary/aromatic N) is 2. The van der Waals surface area contributed by atoms with Crippen molar-refractivity contribution in [2.45, 2.75) is 18.9 Å². The van der Waals surface area contributed by atoms with Crippen LogP contribution in [0.1, 0.15) is 12.8 Å². The highest BCUT2D eigenvalue weighted by Gasteiger charge is 2.22. The molecule has 0 saturated heterocycles. The van der Waals surface area contributed by atoms with Gasteiger partial charge in [-0.15, -0.1) is 0 Å². The predicted octanol–water partition coefficient (Wildman–Crippen LogP) is 1.86. The molecule has 70 valence electrons. The lowest BCUT2D eigenvalue weighted by atomic mass is 10.6. The van der Waals surface area contributed by atoms with Gasteiger partial charge in [0.25, 0.3) is 0 Å². The maximum absolute atomic E-state index is 4.29. The minimum atomic E-state index is 0.589. The van der Waals surface area contributed by atoms with Gasteiger partial charge in [-0.05, 0) is 28.8 Å². The maximum atomic E-state index is 4.29. The first-order chi connectivity index (χ1) is 6.29. The molecular formula is C8H11BrN4. The second-order valence-corrected chi connectivity index (χ2v) is 3.91. The van der Waals surface area contributed by atoms with Crippen molar-refractivity contribution in [3.8, 4) is 0 Å². The molecule has 0 atom stereocenters. The molecule has 0 unspecified atom stereocenters. The minimum absolute atomic E-state index is 0.589. The van der Waals surface area contributed by atoms with Crippen molar-refractivity contribution in [3.05, 3.63) is 10.7 Å². The number of halogens is 1. The van der Waals surface area contributed by atoms with Crippen LogP contribution in [0.15, 0.2) is 10.7 Å². The van der Waals surface area contributed by atoms with Crippen molar-refractivity contribution < 1.29 is 0 Å². The molecule has 0 aliphatic heterocycles. The lowest BCUT2D eigenvalue weighted by Crippen LogP contribution is -2.06. The number of hydrogen-bond donors (Lipinski definition) is 2. The molecule has 2 rings (SSSR count). The van der Waals surface area contributed by atoms with Crippen molar-refractivity contribution in [2.24, 2.45) is 0 Å². The molecular weight excluding hydrogens is 232 g/mol. The Labute approximate surface area is 85.3 Å². The summed E-state index contributed by atoms with van der Waals surface area (Å²) in [4.78, 5) is 8.45. The maximum Gasteiger partial charge on any atom is 0.224 e. The molecule has 0 aromatic carbocycles. The fourth-order valence-electron chi connectivity index (χ4n) is 1.02. The topological polar surface area (TPSA) is 49.8 Å². The molecule has 1 fully saturated rings. The molecule has 1 aromatic rings. The van der Waals surface area contributed by atoms with E-state index in [0.29, 0.717) is 12.0 Å². The second-order valence-electron chi connectivity index (χ2n) is 3.06. The van der Waals surface area contributed by atoms with E-state index in [1.54, 1.807) is 6.20 Å². The highest BCUT2D eigenvalue weighted by atomic mass is 79.9. The molecule has 1 aliphatic rings. The van der Waals surface area contributed by atoms with Crippen LogP contribution in [0.5, 0.6) is 0 Å². The van der Waals surface area contributed by atoms with Gasteiger partial charge < -0.3 is 10.6 Å². The smallest absolute Gasteiger partial charge is 0.224 e. The Morgan fingerprint density at radius 3 is 2.92 bits per heavy atom. The van der Waals surface area contributed by atoms with Crippen molar-refractivity contribution in [1.29, 1.82) is 0 Å². The summed E-state index contributed by atoms with van der Waals surface area (Å²) in [5, 5.41) is 6.23. The molecule has 0 spiro atoms. The molecule has 0 amide bonds. The van der Waals surface area contributed by atoms with E-state index in [2.05, 4.69) is 36.5 Å². The summed E-state index contributed by atoms with van der Waals surface area (Å²) in [5.41, 5.74) is 0. The Bertz CT molecular complexity index is 311. The summed E-state index contributed by atoms with van der Waals surface area (Å²) < 4.78 is 0.886. The SMILES string of the molecule is CNc1nc(NC2CC2)ncc1Br. The summed E-state index contributed by atoms with van der Waals surface area (Å²) in [6.07, 6.45) is 4.21. The van der Waals surface area contributed by atoms with Crippen LogP contribution in [-0.4, -0.2) is 23.1 Å². The van der Waals surface area contributed by atoms with E-state index in [-0.39, 0.29) is 0 Å². The average molecular weight is 243 g/mol. The van der Waals surface area contributed by atoms with E-state index in [4.69, 9.17) is 0 Å². The van der Waals surface area contributed by atoms with E-state index in [9.17, 15) is 0 Å². The minimum Gasteiger partial charge on any atom is -0.372 e. The van der Waals surface area contributed by atoms with Crippen LogP contribution >= 0.6 is 15.9 Å². The summed E-state index contributed by atoms with van der Waals surface area (Å²) in [6, 6.07) is 0.589. The Morgan fingerprint density at radius 2 is 2.31 bits per heavy atom. The third-order valence-corrected chi connectivity index (χ3v) is 2.47. The number of aromatic nitrogens is 2. The van der Waals surface area contributed by atoms with Crippen molar-refractivity contribution in [1.82, 2.24) is 9.97 Å². The van der Waals surface area contributed by atoms with Crippen molar-refractivity contribution in [3.63, 3.8) is 0 Å². The normalized spacial score (nSPS) is 15.5. The number of rotatable bonds is 3. The Morgan fingerprint density at radius 1 is 1.54 bits per heavy atom. The van der Waals surface area contributed by atoms with Crippen LogP contribution in [0.3, 0.4) is 0 Å². The van der Waals surface area contributed by atoms with Crippen LogP contribution in [-0.2, 0) is 0 Å². The number of nitrogens with one attached hydrogen (secondary N) is 2. The fraction of sp³-hybridized carbons (Fsp3) is 0.500. The third kappa shape index (κ3) is 2.09. The number of hydrogen-bond acceptors (Lipinski definition) is 4. The fourth-order valence-corrected chi connectivity index (χ4v) is 1.41. The van der Waals surface area contributed by atoms with E-state index in [1.165, 1.54) is 12.8 Å². The van der Waals surface area contributed by atoms with Gasteiger partial charge in [0.15, 0.2) is 0 Å². The van der Waals surface area contributed by atoms with Gasteiger partial charge in [0.05, 0.1) is 4.47 Å². The predicted molar refractivity (Wildman–Crippen MR) is 55.9 cm³/mol. The van der Waals surface area contributed by atoms with Gasteiger partial charge in [-0.3, -0.25) is 0 Å². The molecule has 0 radical (unpaired) electrons. The largest absolute Gasteiger partial charge is 0.372 e. The summed E-state index contributed by atoms with van der Waals surface area (Å²) in [6.45, 7) is 0. The monoisotopic (exact) mass is 242 g/mol. The highest BCUT2D eigenvalue weighted by molar-refractivity contribution is 9.10. The third-order valence-electron chi connectivity index (χ3n) is 1.89. The van der Waals surface area contributed by atoms with Gasteiger partial charge in [-0.2, -0.15) is 4.98 Å². The van der Waals surface area contributed by atoms with Gasteiger partial charge in [0.2, 0.25) is 5.95 Å². The first-order valence-corrected chi connectivity index (χ1v) is 5.05. The molecule has 13 heavy (non-hydrogen) atoms. The highest BCUT2D eigenvalue weighted by Crippen LogP contribution is 2.25. The molecule has 2 N–H and O–H groups in total. The van der Waals surface area contributed by atoms with Gasteiger partial charge in [0, 0.05) is 19.3 Å². The quantitative estimate of drug-likeness (QED) is 0.850. The van der Waals surface area contributed by atoms with Crippen LogP contribution in [0.4, 0.5) is 11.8 Å². The van der Waals surface area contributed by atoms with Gasteiger partial charge in [-0.1, -0.05) is 0 Å². The van der Waals surface area contributed by atoms with Crippen molar-refractivity contribution >= 4 is 27.7 Å². The summed E-state index contributed by atoms with van der Waals surface area (Å²) in [7, 11) is 1.84. The first kappa shape index (κ1) is 8.74. The zero-order valence-electron chi connectivity index (χ0n) is 7.34. The molecule has 4 nitrogen and oxygen atoms in total. The van der Waals surface area contributed by atoms with Crippen LogP contribution in [0, 0.1) is 0 Å². The molecule has 1 aliphatic carbocycles. The zero-order valence-corrected chi connectivity index (χ0v) is 8.93. The zero-order chi connectivity index (χ0) is 9.26. The molecule has 1 aromatic heterocycles. The lowest BCUT2D eigenvalue weighted by Gasteiger charge is -2.05. The van der Waals surface area contributed by atoms with Crippen molar-refractivity contribution in [2.75, 3.05) is 17.7 Å². The first-order valence-electron chi connectivity index (χ1n) is 4.26. The Hall–Kier alpha value is -0.840. The molecule has 5 heteroatoms. The molecule has 1 saturated carbocycles. The second kappa shape index (κ2) is 3.49. The van der Waals surface area contributed by atoms with Crippen LogP contribution in [0.2, 0.25) is 0 Å². The average Bonchev–Trinajstić information content (AvgIpc) is 2.92.